The highest BCUT2D eigenvalue weighted by Gasteiger charge is 2.20. The first kappa shape index (κ1) is 13.8. The second kappa shape index (κ2) is 5.70. The highest BCUT2D eigenvalue weighted by molar-refractivity contribution is 9.10. The monoisotopic (exact) mass is 333 g/mol. The molecule has 0 bridgehead atoms. The van der Waals surface area contributed by atoms with Gasteiger partial charge in [0.2, 0.25) is 0 Å². The first-order valence-corrected chi connectivity index (χ1v) is 8.12. The molecule has 2 aromatic rings. The lowest BCUT2D eigenvalue weighted by Crippen LogP contribution is -2.10. The van der Waals surface area contributed by atoms with Gasteiger partial charge in [-0.2, -0.15) is 0 Å². The molecule has 0 atom stereocenters. The van der Waals surface area contributed by atoms with Crippen LogP contribution in [-0.4, -0.2) is 4.98 Å². The molecule has 0 aliphatic heterocycles. The van der Waals surface area contributed by atoms with Crippen LogP contribution in [0, 0.1) is 0 Å². The fraction of sp³-hybridized carbons (Fsp3) is 0.438. The lowest BCUT2D eigenvalue weighted by Gasteiger charge is -2.15. The van der Waals surface area contributed by atoms with E-state index in [1.807, 2.05) is 0 Å². The second-order valence-corrected chi connectivity index (χ2v) is 6.45. The van der Waals surface area contributed by atoms with Crippen molar-refractivity contribution in [3.8, 4) is 0 Å². The predicted molar refractivity (Wildman–Crippen MR) is 87.8 cm³/mol. The molecule has 0 unspecified atom stereocenters. The Morgan fingerprint density at radius 2 is 2.05 bits per heavy atom. The normalized spacial score (nSPS) is 15.9. The molecular formula is C16H20BrN3. The van der Waals surface area contributed by atoms with Crippen molar-refractivity contribution in [2.45, 2.75) is 44.9 Å². The van der Waals surface area contributed by atoms with Crippen molar-refractivity contribution in [1.29, 1.82) is 0 Å². The van der Waals surface area contributed by atoms with Crippen LogP contribution in [-0.2, 0) is 6.42 Å². The van der Waals surface area contributed by atoms with E-state index in [2.05, 4.69) is 46.5 Å². The molecule has 0 spiro atoms. The summed E-state index contributed by atoms with van der Waals surface area (Å²) in [6.45, 7) is 2.17. The van der Waals surface area contributed by atoms with Gasteiger partial charge >= 0.3 is 0 Å². The number of rotatable bonds is 3. The van der Waals surface area contributed by atoms with Gasteiger partial charge in [-0.1, -0.05) is 35.7 Å². The smallest absolute Gasteiger partial charge is 0.0759 e. The molecule has 3 nitrogen and oxygen atoms in total. The third-order valence-corrected chi connectivity index (χ3v) is 4.74. The summed E-state index contributed by atoms with van der Waals surface area (Å²) in [4.78, 5) is 4.96. The van der Waals surface area contributed by atoms with Gasteiger partial charge < -0.3 is 5.43 Å². The number of aryl methyl sites for hydroxylation is 1. The number of halogens is 1. The van der Waals surface area contributed by atoms with Crippen LogP contribution in [0.1, 0.15) is 49.8 Å². The maximum absolute atomic E-state index is 5.73. The van der Waals surface area contributed by atoms with Crippen molar-refractivity contribution in [3.63, 3.8) is 0 Å². The van der Waals surface area contributed by atoms with Crippen LogP contribution >= 0.6 is 15.9 Å². The van der Waals surface area contributed by atoms with Gasteiger partial charge in [0, 0.05) is 21.5 Å². The molecule has 4 heteroatoms. The van der Waals surface area contributed by atoms with Crippen LogP contribution in [0.5, 0.6) is 0 Å². The zero-order chi connectivity index (χ0) is 14.1. The number of hydrogen-bond acceptors (Lipinski definition) is 3. The van der Waals surface area contributed by atoms with E-state index in [1.54, 1.807) is 0 Å². The molecule has 1 aromatic heterocycles. The topological polar surface area (TPSA) is 50.9 Å². The van der Waals surface area contributed by atoms with Crippen LogP contribution < -0.4 is 11.3 Å². The number of aromatic nitrogens is 1. The summed E-state index contributed by atoms with van der Waals surface area (Å²) in [5, 5.41) is 1.10. The van der Waals surface area contributed by atoms with E-state index in [-0.39, 0.29) is 0 Å². The lowest BCUT2D eigenvalue weighted by molar-refractivity contribution is 0.701. The number of nitrogen functional groups attached to an aromatic ring is 1. The zero-order valence-corrected chi connectivity index (χ0v) is 13.3. The van der Waals surface area contributed by atoms with Crippen molar-refractivity contribution in [2.24, 2.45) is 5.84 Å². The minimum Gasteiger partial charge on any atom is -0.323 e. The first-order chi connectivity index (χ1) is 9.72. The van der Waals surface area contributed by atoms with E-state index >= 15 is 0 Å². The SMILES string of the molecule is CCc1cc(Br)cc2c(NN)cc(C3CCCC3)nc12. The average Bonchev–Trinajstić information content (AvgIpc) is 2.99. The van der Waals surface area contributed by atoms with Gasteiger partial charge in [-0.25, -0.2) is 0 Å². The van der Waals surface area contributed by atoms with E-state index in [0.29, 0.717) is 5.92 Å². The molecule has 1 saturated carbocycles. The lowest BCUT2D eigenvalue weighted by atomic mass is 9.99. The molecule has 106 valence electrons. The van der Waals surface area contributed by atoms with Crippen LogP contribution in [0.15, 0.2) is 22.7 Å². The fourth-order valence-corrected chi connectivity index (χ4v) is 3.70. The summed E-state index contributed by atoms with van der Waals surface area (Å²) in [6, 6.07) is 6.38. The molecular weight excluding hydrogens is 314 g/mol. The van der Waals surface area contributed by atoms with Crippen molar-refractivity contribution in [3.05, 3.63) is 33.9 Å². The van der Waals surface area contributed by atoms with Gasteiger partial charge in [0.05, 0.1) is 11.2 Å². The summed E-state index contributed by atoms with van der Waals surface area (Å²) in [5.74, 6) is 6.33. The molecule has 1 aliphatic rings. The van der Waals surface area contributed by atoms with Crippen molar-refractivity contribution in [2.75, 3.05) is 5.43 Å². The summed E-state index contributed by atoms with van der Waals surface area (Å²) in [7, 11) is 0. The second-order valence-electron chi connectivity index (χ2n) is 5.54. The van der Waals surface area contributed by atoms with Gasteiger partial charge in [-0.3, -0.25) is 10.8 Å². The Morgan fingerprint density at radius 1 is 1.30 bits per heavy atom. The first-order valence-electron chi connectivity index (χ1n) is 7.32. The average molecular weight is 334 g/mol. The highest BCUT2D eigenvalue weighted by Crippen LogP contribution is 2.37. The number of hydrogen-bond donors (Lipinski definition) is 2. The summed E-state index contributed by atoms with van der Waals surface area (Å²) in [5.41, 5.74) is 7.39. The van der Waals surface area contributed by atoms with E-state index < -0.39 is 0 Å². The van der Waals surface area contributed by atoms with Crippen molar-refractivity contribution < 1.29 is 0 Å². The highest BCUT2D eigenvalue weighted by atomic mass is 79.9. The van der Waals surface area contributed by atoms with Gasteiger partial charge in [0.25, 0.3) is 0 Å². The number of hydrazine groups is 1. The van der Waals surface area contributed by atoms with Crippen molar-refractivity contribution >= 4 is 32.5 Å². The molecule has 0 radical (unpaired) electrons. The Bertz CT molecular complexity index is 633. The molecule has 20 heavy (non-hydrogen) atoms. The molecule has 1 aromatic carbocycles. The number of nitrogens with zero attached hydrogens (tertiary/aromatic N) is 1. The van der Waals surface area contributed by atoms with Gasteiger partial charge in [0.1, 0.15) is 0 Å². The Kier molecular flexibility index (Phi) is 3.94. The number of anilines is 1. The maximum atomic E-state index is 5.73. The molecule has 0 amide bonds. The van der Waals surface area contributed by atoms with Gasteiger partial charge in [-0.05, 0) is 43.0 Å². The number of nitrogens with two attached hydrogens (primary N) is 1. The number of benzene rings is 1. The Hall–Kier alpha value is -1.13. The van der Waals surface area contributed by atoms with Crippen LogP contribution in [0.2, 0.25) is 0 Å². The summed E-state index contributed by atoms with van der Waals surface area (Å²) in [6.07, 6.45) is 6.11. The zero-order valence-electron chi connectivity index (χ0n) is 11.7. The third kappa shape index (κ3) is 2.42. The number of pyridine rings is 1. The fourth-order valence-electron chi connectivity index (χ4n) is 3.20. The molecule has 1 aliphatic carbocycles. The number of nitrogens with one attached hydrogen (secondary N) is 1. The molecule has 3 rings (SSSR count). The molecule has 1 fully saturated rings. The standard InChI is InChI=1S/C16H20BrN3/c1-2-10-7-12(17)8-13-15(20-18)9-14(19-16(10)13)11-5-3-4-6-11/h7-9,11H,2-6,18H2,1H3,(H,19,20). The number of fused-ring (bicyclic) bond motifs is 1. The van der Waals surface area contributed by atoms with Crippen LogP contribution in [0.3, 0.4) is 0 Å². The minimum absolute atomic E-state index is 0.597. The third-order valence-electron chi connectivity index (χ3n) is 4.29. The minimum atomic E-state index is 0.597. The van der Waals surface area contributed by atoms with Crippen molar-refractivity contribution in [1.82, 2.24) is 4.98 Å². The van der Waals surface area contributed by atoms with Crippen LogP contribution in [0.25, 0.3) is 10.9 Å². The molecule has 0 saturated heterocycles. The summed E-state index contributed by atoms with van der Waals surface area (Å²) >= 11 is 3.58. The molecule has 1 heterocycles. The predicted octanol–water partition coefficient (Wildman–Crippen LogP) is 4.50. The van der Waals surface area contributed by atoms with E-state index in [1.165, 1.54) is 36.9 Å². The Morgan fingerprint density at radius 3 is 2.70 bits per heavy atom. The largest absolute Gasteiger partial charge is 0.323 e. The van der Waals surface area contributed by atoms with E-state index in [4.69, 9.17) is 10.8 Å². The molecule has 3 N–H and O–H groups in total. The quantitative estimate of drug-likeness (QED) is 0.642. The Balaban J connectivity index is 2.22. The Labute approximate surface area is 128 Å². The van der Waals surface area contributed by atoms with Crippen LogP contribution in [0.4, 0.5) is 5.69 Å². The van der Waals surface area contributed by atoms with E-state index in [9.17, 15) is 0 Å². The van der Waals surface area contributed by atoms with Gasteiger partial charge in [-0.15, -0.1) is 0 Å². The van der Waals surface area contributed by atoms with E-state index in [0.717, 1.165) is 27.5 Å². The maximum Gasteiger partial charge on any atom is 0.0759 e. The summed E-state index contributed by atoms with van der Waals surface area (Å²) < 4.78 is 1.08. The van der Waals surface area contributed by atoms with Gasteiger partial charge in [0.15, 0.2) is 0 Å².